The first-order chi connectivity index (χ1) is 6.74. The molecule has 0 fully saturated rings. The summed E-state index contributed by atoms with van der Waals surface area (Å²) in [6, 6.07) is 0.275. The van der Waals surface area contributed by atoms with E-state index in [2.05, 4.69) is 26.4 Å². The lowest BCUT2D eigenvalue weighted by Gasteiger charge is -2.24. The molecule has 2 rings (SSSR count). The van der Waals surface area contributed by atoms with Crippen LogP contribution in [0.25, 0.3) is 0 Å². The maximum absolute atomic E-state index is 11.9. The summed E-state index contributed by atoms with van der Waals surface area (Å²) in [5.74, 6) is 0.915. The summed E-state index contributed by atoms with van der Waals surface area (Å²) in [4.78, 5) is 16.2. The Morgan fingerprint density at radius 1 is 1.71 bits per heavy atom. The van der Waals surface area contributed by atoms with Crippen molar-refractivity contribution in [2.24, 2.45) is 0 Å². The quantitative estimate of drug-likeness (QED) is 0.713. The van der Waals surface area contributed by atoms with Crippen molar-refractivity contribution in [2.75, 3.05) is 5.09 Å². The van der Waals surface area contributed by atoms with Crippen molar-refractivity contribution < 1.29 is 0 Å². The van der Waals surface area contributed by atoms with Crippen LogP contribution in [0.4, 0.5) is 5.69 Å². The van der Waals surface area contributed by atoms with Crippen molar-refractivity contribution in [1.29, 1.82) is 0 Å². The zero-order chi connectivity index (χ0) is 10.1. The lowest BCUT2D eigenvalue weighted by Crippen LogP contribution is -2.31. The van der Waals surface area contributed by atoms with Gasteiger partial charge in [-0.25, -0.2) is 4.98 Å². The molecule has 0 radical (unpaired) electrons. The third-order valence-electron chi connectivity index (χ3n) is 2.69. The Labute approximate surface area is 85.0 Å². The molecule has 1 aliphatic rings. The zero-order valence-corrected chi connectivity index (χ0v) is 9.31. The third kappa shape index (κ3) is 1.44. The van der Waals surface area contributed by atoms with Gasteiger partial charge in [-0.15, -0.1) is 0 Å². The molecular formula is C9H14N3OP. The summed E-state index contributed by atoms with van der Waals surface area (Å²) >= 11 is 0. The van der Waals surface area contributed by atoms with E-state index in [0.717, 1.165) is 25.1 Å². The fourth-order valence-corrected chi connectivity index (χ4v) is 2.12. The molecule has 0 saturated carbocycles. The normalized spacial score (nSPS) is 20.3. The third-order valence-corrected chi connectivity index (χ3v) is 3.00. The zero-order valence-electron chi connectivity index (χ0n) is 8.16. The molecule has 1 N–H and O–H groups in total. The topological polar surface area (TPSA) is 46.9 Å². The van der Waals surface area contributed by atoms with Gasteiger partial charge in [-0.05, 0) is 29.2 Å². The first-order valence-electron chi connectivity index (χ1n) is 4.81. The second kappa shape index (κ2) is 3.70. The van der Waals surface area contributed by atoms with Gasteiger partial charge in [0.2, 0.25) is 0 Å². The summed E-state index contributed by atoms with van der Waals surface area (Å²) in [6.45, 7) is 2.07. The minimum absolute atomic E-state index is 0.0391. The van der Waals surface area contributed by atoms with E-state index in [1.54, 1.807) is 10.8 Å². The van der Waals surface area contributed by atoms with Crippen molar-refractivity contribution in [1.82, 2.24) is 9.55 Å². The van der Waals surface area contributed by atoms with Crippen molar-refractivity contribution in [2.45, 2.75) is 32.2 Å². The van der Waals surface area contributed by atoms with Crippen LogP contribution in [0.3, 0.4) is 0 Å². The molecule has 5 heteroatoms. The molecule has 0 saturated heterocycles. The van der Waals surface area contributed by atoms with E-state index in [-0.39, 0.29) is 11.6 Å². The van der Waals surface area contributed by atoms with Gasteiger partial charge in [0.25, 0.3) is 5.56 Å². The van der Waals surface area contributed by atoms with Crippen LogP contribution in [0, 0.1) is 0 Å². The molecule has 2 heterocycles. The van der Waals surface area contributed by atoms with E-state index >= 15 is 0 Å². The second-order valence-corrected chi connectivity index (χ2v) is 3.94. The highest BCUT2D eigenvalue weighted by Crippen LogP contribution is 2.21. The number of nitrogens with one attached hydrogen (secondary N) is 1. The van der Waals surface area contributed by atoms with Gasteiger partial charge in [-0.2, -0.15) is 0 Å². The van der Waals surface area contributed by atoms with Crippen LogP contribution in [0.15, 0.2) is 11.0 Å². The molecule has 0 aliphatic carbocycles. The highest BCUT2D eigenvalue weighted by molar-refractivity contribution is 7.18. The summed E-state index contributed by atoms with van der Waals surface area (Å²) < 4.78 is 1.80. The fraction of sp³-hybridized carbons (Fsp3) is 0.556. The van der Waals surface area contributed by atoms with Crippen molar-refractivity contribution in [3.8, 4) is 0 Å². The minimum Gasteiger partial charge on any atom is -0.364 e. The Morgan fingerprint density at radius 2 is 2.50 bits per heavy atom. The summed E-state index contributed by atoms with van der Waals surface area (Å²) in [6.07, 6.45) is 4.71. The van der Waals surface area contributed by atoms with Crippen molar-refractivity contribution in [3.63, 3.8) is 0 Å². The van der Waals surface area contributed by atoms with E-state index < -0.39 is 0 Å². The van der Waals surface area contributed by atoms with Gasteiger partial charge in [0.1, 0.15) is 11.5 Å². The molecule has 76 valence electrons. The molecule has 1 aromatic heterocycles. The van der Waals surface area contributed by atoms with Crippen LogP contribution in [0.2, 0.25) is 0 Å². The first kappa shape index (κ1) is 9.66. The highest BCUT2D eigenvalue weighted by Gasteiger charge is 2.19. The molecule has 2 unspecified atom stereocenters. The van der Waals surface area contributed by atoms with Gasteiger partial charge in [0.05, 0.1) is 6.20 Å². The smallest absolute Gasteiger partial charge is 0.277 e. The number of anilines is 1. The van der Waals surface area contributed by atoms with Crippen LogP contribution in [0.1, 0.15) is 31.6 Å². The average molecular weight is 211 g/mol. The van der Waals surface area contributed by atoms with Gasteiger partial charge >= 0.3 is 0 Å². The maximum atomic E-state index is 11.9. The Balaban J connectivity index is 2.60. The number of aromatic nitrogens is 2. The molecule has 2 atom stereocenters. The van der Waals surface area contributed by atoms with Gasteiger partial charge in [0.15, 0.2) is 0 Å². The van der Waals surface area contributed by atoms with Crippen molar-refractivity contribution >= 4 is 15.1 Å². The molecule has 0 spiro atoms. The monoisotopic (exact) mass is 211 g/mol. The summed E-state index contributed by atoms with van der Waals surface area (Å²) in [5, 5.41) is 2.79. The Hall–Kier alpha value is -0.890. The van der Waals surface area contributed by atoms with E-state index in [1.807, 2.05) is 0 Å². The SMILES string of the molecule is CC1CCCc2ncc(NP)c(=O)n21. The predicted octanol–water partition coefficient (Wildman–Crippen LogP) is 1.34. The van der Waals surface area contributed by atoms with Crippen LogP contribution < -0.4 is 10.6 Å². The lowest BCUT2D eigenvalue weighted by molar-refractivity contribution is 0.406. The lowest BCUT2D eigenvalue weighted by atomic mass is 10.1. The highest BCUT2D eigenvalue weighted by atomic mass is 31.0. The Kier molecular flexibility index (Phi) is 2.55. The van der Waals surface area contributed by atoms with Crippen LogP contribution in [-0.4, -0.2) is 9.55 Å². The van der Waals surface area contributed by atoms with E-state index in [1.165, 1.54) is 0 Å². The molecule has 1 aromatic rings. The largest absolute Gasteiger partial charge is 0.364 e. The molecular weight excluding hydrogens is 197 g/mol. The van der Waals surface area contributed by atoms with Gasteiger partial charge < -0.3 is 5.09 Å². The standard InChI is InChI=1S/C9H14N3OP/c1-6-3-2-4-8-10-5-7(11-14)9(13)12(6)8/h5-6,11H,2-4,14H2,1H3. The number of fused-ring (bicyclic) bond motifs is 1. The van der Waals surface area contributed by atoms with Crippen LogP contribution in [-0.2, 0) is 6.42 Å². The molecule has 1 aliphatic heterocycles. The van der Waals surface area contributed by atoms with Crippen molar-refractivity contribution in [3.05, 3.63) is 22.4 Å². The second-order valence-electron chi connectivity index (χ2n) is 3.65. The summed E-state index contributed by atoms with van der Waals surface area (Å²) in [7, 11) is 2.33. The predicted molar refractivity (Wildman–Crippen MR) is 59.5 cm³/mol. The van der Waals surface area contributed by atoms with Gasteiger partial charge in [-0.3, -0.25) is 9.36 Å². The fourth-order valence-electron chi connectivity index (χ4n) is 1.93. The number of hydrogen-bond donors (Lipinski definition) is 1. The summed E-state index contributed by atoms with van der Waals surface area (Å²) in [5.41, 5.74) is 0.588. The minimum atomic E-state index is 0.0391. The van der Waals surface area contributed by atoms with Gasteiger partial charge in [-0.1, -0.05) is 0 Å². The van der Waals surface area contributed by atoms with Crippen LogP contribution in [0.5, 0.6) is 0 Å². The number of aryl methyl sites for hydroxylation is 1. The Bertz CT molecular complexity index is 402. The molecule has 14 heavy (non-hydrogen) atoms. The van der Waals surface area contributed by atoms with E-state index in [9.17, 15) is 4.79 Å². The average Bonchev–Trinajstić information content (AvgIpc) is 2.18. The molecule has 0 aromatic carbocycles. The van der Waals surface area contributed by atoms with E-state index in [4.69, 9.17) is 0 Å². The number of rotatable bonds is 1. The maximum Gasteiger partial charge on any atom is 0.277 e. The molecule has 0 bridgehead atoms. The Morgan fingerprint density at radius 3 is 3.21 bits per heavy atom. The molecule has 0 amide bonds. The molecule has 4 nitrogen and oxygen atoms in total. The van der Waals surface area contributed by atoms with Gasteiger partial charge in [0, 0.05) is 12.5 Å². The van der Waals surface area contributed by atoms with E-state index in [0.29, 0.717) is 5.69 Å². The number of hydrogen-bond acceptors (Lipinski definition) is 3. The van der Waals surface area contributed by atoms with Crippen LogP contribution >= 0.6 is 9.39 Å². The first-order valence-corrected chi connectivity index (χ1v) is 5.39. The number of nitrogens with zero attached hydrogens (tertiary/aromatic N) is 2.